The molecule has 2 unspecified atom stereocenters. The molecule has 36 heavy (non-hydrogen) atoms. The number of halogens is 2. The third-order valence-corrected chi connectivity index (χ3v) is 7.93. The van der Waals surface area contributed by atoms with E-state index in [0.717, 1.165) is 11.0 Å². The molecule has 0 aliphatic carbocycles. The first-order chi connectivity index (χ1) is 17.3. The van der Waals surface area contributed by atoms with Gasteiger partial charge in [-0.3, -0.25) is 14.5 Å². The molecule has 12 heteroatoms. The minimum atomic E-state index is -0.698. The summed E-state index contributed by atoms with van der Waals surface area (Å²) >= 11 is 7.58. The molecule has 2 aliphatic heterocycles. The van der Waals surface area contributed by atoms with Gasteiger partial charge in [0.2, 0.25) is 0 Å². The zero-order valence-corrected chi connectivity index (χ0v) is 21.1. The van der Waals surface area contributed by atoms with Crippen molar-refractivity contribution >= 4 is 56.8 Å². The van der Waals surface area contributed by atoms with Crippen LogP contribution in [-0.4, -0.2) is 56.5 Å². The summed E-state index contributed by atoms with van der Waals surface area (Å²) in [7, 11) is 3.12. The molecule has 0 saturated carbocycles. The fourth-order valence-corrected chi connectivity index (χ4v) is 6.30. The van der Waals surface area contributed by atoms with Crippen LogP contribution in [0.15, 0.2) is 30.6 Å². The minimum absolute atomic E-state index is 0.0148. The summed E-state index contributed by atoms with van der Waals surface area (Å²) in [5.41, 5.74) is 2.16. The van der Waals surface area contributed by atoms with Crippen molar-refractivity contribution in [3.63, 3.8) is 0 Å². The topological polar surface area (TPSA) is 104 Å². The van der Waals surface area contributed by atoms with E-state index in [0.29, 0.717) is 32.8 Å². The number of thioether (sulfide) groups is 1. The fraction of sp³-hybridized carbons (Fsp3) is 0.292. The van der Waals surface area contributed by atoms with Crippen LogP contribution < -0.4 is 9.64 Å². The number of amides is 3. The average Bonchev–Trinajstić information content (AvgIpc) is 3.41. The zero-order valence-electron chi connectivity index (χ0n) is 19.5. The number of nitriles is 1. The third-order valence-electron chi connectivity index (χ3n) is 6.28. The molecule has 9 nitrogen and oxygen atoms in total. The number of anilines is 1. The van der Waals surface area contributed by atoms with Crippen LogP contribution in [0.1, 0.15) is 17.7 Å². The number of ether oxygens (including phenoxy) is 1. The highest BCUT2D eigenvalue weighted by atomic mass is 35.5. The smallest absolute Gasteiger partial charge is 0.332 e. The van der Waals surface area contributed by atoms with Gasteiger partial charge in [-0.05, 0) is 25.1 Å². The molecule has 5 rings (SSSR count). The van der Waals surface area contributed by atoms with Gasteiger partial charge in [0.1, 0.15) is 5.25 Å². The summed E-state index contributed by atoms with van der Waals surface area (Å²) in [5, 5.41) is 13.7. The lowest BCUT2D eigenvalue weighted by Crippen LogP contribution is -2.62. The second kappa shape index (κ2) is 9.11. The molecule has 4 heterocycles. The minimum Gasteiger partial charge on any atom is -0.494 e. The number of methoxy groups -OCH3 is 1. The molecule has 3 aromatic rings. The summed E-state index contributed by atoms with van der Waals surface area (Å²) in [4.78, 5) is 35.1. The van der Waals surface area contributed by atoms with Gasteiger partial charge in [0, 0.05) is 24.1 Å². The van der Waals surface area contributed by atoms with Gasteiger partial charge in [-0.25, -0.2) is 14.1 Å². The van der Waals surface area contributed by atoms with Crippen LogP contribution >= 0.6 is 23.4 Å². The molecule has 2 aliphatic rings. The molecule has 0 radical (unpaired) electrons. The van der Waals surface area contributed by atoms with E-state index in [1.165, 1.54) is 36.0 Å². The van der Waals surface area contributed by atoms with E-state index in [1.54, 1.807) is 30.9 Å². The van der Waals surface area contributed by atoms with Gasteiger partial charge >= 0.3 is 6.03 Å². The van der Waals surface area contributed by atoms with Crippen LogP contribution in [-0.2, 0) is 11.8 Å². The molecule has 3 amide bonds. The van der Waals surface area contributed by atoms with Crippen LogP contribution in [0.3, 0.4) is 0 Å². The fourth-order valence-electron chi connectivity index (χ4n) is 4.63. The van der Waals surface area contributed by atoms with Crippen molar-refractivity contribution in [1.82, 2.24) is 19.7 Å². The molecule has 0 N–H and O–H groups in total. The van der Waals surface area contributed by atoms with E-state index in [9.17, 15) is 19.2 Å². The van der Waals surface area contributed by atoms with E-state index in [2.05, 4.69) is 16.2 Å². The molecule has 0 bridgehead atoms. The van der Waals surface area contributed by atoms with Crippen LogP contribution in [0.4, 0.5) is 14.9 Å². The number of aromatic nitrogens is 3. The Morgan fingerprint density at radius 1 is 1.31 bits per heavy atom. The Labute approximate surface area is 215 Å². The Bertz CT molecular complexity index is 1500. The van der Waals surface area contributed by atoms with Crippen molar-refractivity contribution in [1.29, 1.82) is 5.26 Å². The van der Waals surface area contributed by atoms with Crippen LogP contribution in [0.5, 0.6) is 5.75 Å². The van der Waals surface area contributed by atoms with Crippen molar-refractivity contribution < 1.29 is 18.7 Å². The number of nitrogens with zero attached hydrogens (tertiary/aromatic N) is 6. The van der Waals surface area contributed by atoms with Gasteiger partial charge in [0.15, 0.2) is 11.6 Å². The molecule has 2 aromatic heterocycles. The summed E-state index contributed by atoms with van der Waals surface area (Å²) in [6, 6.07) is 3.54. The Hall–Kier alpha value is -3.62. The van der Waals surface area contributed by atoms with Gasteiger partial charge in [0.05, 0.1) is 65.3 Å². The number of hydrogen-bond acceptors (Lipinski definition) is 7. The van der Waals surface area contributed by atoms with E-state index in [-0.39, 0.29) is 23.7 Å². The van der Waals surface area contributed by atoms with Gasteiger partial charge in [0.25, 0.3) is 5.91 Å². The molecular formula is C24H20ClFN6O3S. The molecule has 184 valence electrons. The first-order valence-electron chi connectivity index (χ1n) is 11.0. The Morgan fingerprint density at radius 3 is 2.81 bits per heavy atom. The first-order valence-corrected chi connectivity index (χ1v) is 12.2. The summed E-state index contributed by atoms with van der Waals surface area (Å²) in [6.45, 7) is 1.93. The lowest BCUT2D eigenvalue weighted by molar-refractivity contribution is -0.119. The van der Waals surface area contributed by atoms with E-state index < -0.39 is 29.0 Å². The number of aryl methyl sites for hydroxylation is 2. The predicted octanol–water partition coefficient (Wildman–Crippen LogP) is 4.29. The number of fused-ring (bicyclic) bond motifs is 2. The summed E-state index contributed by atoms with van der Waals surface area (Å²) in [6.07, 6.45) is 4.96. The molecule has 1 aromatic carbocycles. The van der Waals surface area contributed by atoms with E-state index >= 15 is 0 Å². The quantitative estimate of drug-likeness (QED) is 0.488. The van der Waals surface area contributed by atoms with Gasteiger partial charge in [-0.2, -0.15) is 10.4 Å². The maximum Gasteiger partial charge on any atom is 0.332 e. The van der Waals surface area contributed by atoms with Crippen molar-refractivity contribution in [2.75, 3.05) is 18.6 Å². The van der Waals surface area contributed by atoms with Crippen LogP contribution in [0.2, 0.25) is 5.02 Å². The van der Waals surface area contributed by atoms with Crippen molar-refractivity contribution in [2.24, 2.45) is 7.05 Å². The number of imide groups is 1. The number of pyridine rings is 1. The Balaban J connectivity index is 1.60. The molecule has 1 fully saturated rings. The number of rotatable bonds is 5. The summed E-state index contributed by atoms with van der Waals surface area (Å²) in [5.74, 6) is -1.01. The second-order valence-electron chi connectivity index (χ2n) is 8.35. The van der Waals surface area contributed by atoms with Crippen molar-refractivity contribution in [3.8, 4) is 11.8 Å². The van der Waals surface area contributed by atoms with Crippen molar-refractivity contribution in [2.45, 2.75) is 24.6 Å². The maximum atomic E-state index is 14.1. The normalized spacial score (nSPS) is 19.5. The number of urea groups is 1. The standard InChI is InChI=1S/C24H20ClFN6O3S/c1-12-21-17(30(2)29-12)10-28-11-18(21)32-23(33)22-16(31(24(32)34)6-4-5-27)9-20(36-22)13-7-19(35-3)15(26)8-14(13)25/h7-11,16,22H,4,6H2,1-3H3. The van der Waals surface area contributed by atoms with E-state index in [4.69, 9.17) is 16.3 Å². The highest BCUT2D eigenvalue weighted by Gasteiger charge is 2.50. The summed E-state index contributed by atoms with van der Waals surface area (Å²) < 4.78 is 20.9. The molecule has 0 spiro atoms. The third kappa shape index (κ3) is 3.68. The largest absolute Gasteiger partial charge is 0.494 e. The molecule has 2 atom stereocenters. The lowest BCUT2D eigenvalue weighted by Gasteiger charge is -2.41. The van der Waals surface area contributed by atoms with Gasteiger partial charge in [-0.1, -0.05) is 11.6 Å². The SMILES string of the molecule is COc1cc(C2=CC3C(S2)C(=O)N(c2cncc4c2c(C)nn4C)C(=O)N3CCC#N)c(Cl)cc1F. The second-order valence-corrected chi connectivity index (χ2v) is 9.94. The lowest BCUT2D eigenvalue weighted by atomic mass is 10.0. The number of benzene rings is 1. The number of carbonyl (C=O) groups excluding carboxylic acids is 2. The highest BCUT2D eigenvalue weighted by molar-refractivity contribution is 8.09. The Kier molecular flexibility index (Phi) is 6.10. The van der Waals surface area contributed by atoms with Gasteiger partial charge in [-0.15, -0.1) is 11.8 Å². The monoisotopic (exact) mass is 526 g/mol. The van der Waals surface area contributed by atoms with Gasteiger partial charge < -0.3 is 9.64 Å². The van der Waals surface area contributed by atoms with Crippen molar-refractivity contribution in [3.05, 3.63) is 52.7 Å². The molecular weight excluding hydrogens is 507 g/mol. The maximum absolute atomic E-state index is 14.1. The number of carbonyl (C=O) groups is 2. The predicted molar refractivity (Wildman–Crippen MR) is 134 cm³/mol. The van der Waals surface area contributed by atoms with E-state index in [1.807, 2.05) is 0 Å². The average molecular weight is 527 g/mol. The first kappa shape index (κ1) is 24.1. The molecule has 1 saturated heterocycles. The Morgan fingerprint density at radius 2 is 2.08 bits per heavy atom. The van der Waals surface area contributed by atoms with Crippen LogP contribution in [0, 0.1) is 24.1 Å². The highest BCUT2D eigenvalue weighted by Crippen LogP contribution is 2.48. The zero-order chi connectivity index (χ0) is 25.7. The number of hydrogen-bond donors (Lipinski definition) is 0. The van der Waals surface area contributed by atoms with Crippen LogP contribution in [0.25, 0.3) is 15.8 Å².